The van der Waals surface area contributed by atoms with Crippen molar-refractivity contribution < 1.29 is 9.59 Å². The van der Waals surface area contributed by atoms with Crippen LogP contribution in [-0.2, 0) is 9.59 Å². The molecule has 0 spiro atoms. The summed E-state index contributed by atoms with van der Waals surface area (Å²) < 4.78 is 0. The van der Waals surface area contributed by atoms with Gasteiger partial charge in [0.15, 0.2) is 0 Å². The Morgan fingerprint density at radius 3 is 2.47 bits per heavy atom. The van der Waals surface area contributed by atoms with Crippen LogP contribution in [0.4, 0.5) is 0 Å². The summed E-state index contributed by atoms with van der Waals surface area (Å²) in [6, 6.07) is -0.409. The Morgan fingerprint density at radius 2 is 1.89 bits per heavy atom. The normalized spacial score (nSPS) is 40.2. The van der Waals surface area contributed by atoms with Gasteiger partial charge in [0.25, 0.3) is 0 Å². The van der Waals surface area contributed by atoms with Crippen LogP contribution in [0.3, 0.4) is 0 Å². The second kappa shape index (κ2) is 5.51. The molecule has 4 nitrogen and oxygen atoms in total. The highest BCUT2D eigenvalue weighted by molar-refractivity contribution is 5.96. The SMILES string of the molecule is CCC1C(=O)NC(C)C(=O)N1C1CCC(C)CC1C. The highest BCUT2D eigenvalue weighted by atomic mass is 16.2. The standard InChI is InChI=1S/C15H26N2O2/c1-5-12-14(18)16-11(4)15(19)17(12)13-7-6-9(2)8-10(13)3/h9-13H,5-8H2,1-4H3,(H,16,18). The van der Waals surface area contributed by atoms with E-state index in [9.17, 15) is 9.59 Å². The van der Waals surface area contributed by atoms with Crippen molar-refractivity contribution >= 4 is 11.8 Å². The van der Waals surface area contributed by atoms with Crippen LogP contribution in [-0.4, -0.2) is 34.8 Å². The average Bonchev–Trinajstić information content (AvgIpc) is 2.34. The van der Waals surface area contributed by atoms with Gasteiger partial charge in [0.2, 0.25) is 11.8 Å². The molecule has 1 saturated carbocycles. The van der Waals surface area contributed by atoms with Crippen LogP contribution in [0.1, 0.15) is 53.4 Å². The Morgan fingerprint density at radius 1 is 1.21 bits per heavy atom. The van der Waals surface area contributed by atoms with E-state index in [1.807, 2.05) is 11.8 Å². The molecule has 2 aliphatic rings. The van der Waals surface area contributed by atoms with E-state index in [0.717, 1.165) is 25.2 Å². The molecule has 0 radical (unpaired) electrons. The lowest BCUT2D eigenvalue weighted by Crippen LogP contribution is -2.66. The fourth-order valence-corrected chi connectivity index (χ4v) is 3.71. The van der Waals surface area contributed by atoms with E-state index in [4.69, 9.17) is 0 Å². The number of carbonyl (C=O) groups is 2. The molecule has 0 aromatic rings. The molecule has 1 heterocycles. The van der Waals surface area contributed by atoms with Crippen LogP contribution in [0.5, 0.6) is 0 Å². The number of hydrogen-bond acceptors (Lipinski definition) is 2. The summed E-state index contributed by atoms with van der Waals surface area (Å²) in [5, 5.41) is 2.79. The van der Waals surface area contributed by atoms with Crippen molar-refractivity contribution in [2.24, 2.45) is 11.8 Å². The second-order valence-electron chi connectivity index (χ2n) is 6.36. The first-order valence-corrected chi connectivity index (χ1v) is 7.58. The van der Waals surface area contributed by atoms with Crippen molar-refractivity contribution in [3.8, 4) is 0 Å². The first kappa shape index (κ1) is 14.4. The molecule has 1 aliphatic heterocycles. The van der Waals surface area contributed by atoms with Gasteiger partial charge in [-0.2, -0.15) is 0 Å². The molecule has 1 saturated heterocycles. The molecule has 4 heteroatoms. The van der Waals surface area contributed by atoms with Crippen LogP contribution < -0.4 is 5.32 Å². The highest BCUT2D eigenvalue weighted by Crippen LogP contribution is 2.34. The lowest BCUT2D eigenvalue weighted by atomic mass is 9.78. The number of nitrogens with zero attached hydrogens (tertiary/aromatic N) is 1. The van der Waals surface area contributed by atoms with E-state index in [-0.39, 0.29) is 29.9 Å². The number of rotatable bonds is 2. The van der Waals surface area contributed by atoms with E-state index < -0.39 is 0 Å². The van der Waals surface area contributed by atoms with E-state index >= 15 is 0 Å². The van der Waals surface area contributed by atoms with Gasteiger partial charge in [0, 0.05) is 6.04 Å². The second-order valence-corrected chi connectivity index (χ2v) is 6.36. The van der Waals surface area contributed by atoms with E-state index in [1.165, 1.54) is 0 Å². The topological polar surface area (TPSA) is 49.4 Å². The van der Waals surface area contributed by atoms with Gasteiger partial charge in [0.05, 0.1) is 0 Å². The maximum atomic E-state index is 12.5. The Bertz CT molecular complexity index is 369. The fraction of sp³-hybridized carbons (Fsp3) is 0.867. The molecule has 2 fully saturated rings. The number of hydrogen-bond donors (Lipinski definition) is 1. The molecule has 0 bridgehead atoms. The third-order valence-electron chi connectivity index (χ3n) is 4.75. The molecule has 0 aromatic carbocycles. The summed E-state index contributed by atoms with van der Waals surface area (Å²) in [5.41, 5.74) is 0. The summed E-state index contributed by atoms with van der Waals surface area (Å²) >= 11 is 0. The summed E-state index contributed by atoms with van der Waals surface area (Å²) in [6.45, 7) is 8.26. The summed E-state index contributed by atoms with van der Waals surface area (Å²) in [6.07, 6.45) is 4.04. The smallest absolute Gasteiger partial charge is 0.245 e. The molecule has 1 aliphatic carbocycles. The van der Waals surface area contributed by atoms with Gasteiger partial charge in [-0.25, -0.2) is 0 Å². The maximum Gasteiger partial charge on any atom is 0.245 e. The highest BCUT2D eigenvalue weighted by Gasteiger charge is 2.43. The molecular weight excluding hydrogens is 240 g/mol. The zero-order valence-corrected chi connectivity index (χ0v) is 12.5. The predicted molar refractivity (Wildman–Crippen MR) is 74.5 cm³/mol. The van der Waals surface area contributed by atoms with Crippen LogP contribution in [0.25, 0.3) is 0 Å². The molecule has 1 N–H and O–H groups in total. The minimum Gasteiger partial charge on any atom is -0.343 e. The van der Waals surface area contributed by atoms with Crippen molar-refractivity contribution in [2.75, 3.05) is 0 Å². The predicted octanol–water partition coefficient (Wildman–Crippen LogP) is 1.94. The molecule has 0 aromatic heterocycles. The van der Waals surface area contributed by atoms with Crippen molar-refractivity contribution in [3.05, 3.63) is 0 Å². The van der Waals surface area contributed by atoms with Gasteiger partial charge < -0.3 is 10.2 Å². The van der Waals surface area contributed by atoms with Crippen LogP contribution in [0.2, 0.25) is 0 Å². The van der Waals surface area contributed by atoms with Crippen molar-refractivity contribution in [3.63, 3.8) is 0 Å². The minimum atomic E-state index is -0.373. The summed E-state index contributed by atoms with van der Waals surface area (Å²) in [5.74, 6) is 1.33. The summed E-state index contributed by atoms with van der Waals surface area (Å²) in [4.78, 5) is 26.5. The molecule has 5 atom stereocenters. The van der Waals surface area contributed by atoms with E-state index in [1.54, 1.807) is 6.92 Å². The molecule has 2 amide bonds. The van der Waals surface area contributed by atoms with E-state index in [0.29, 0.717) is 12.3 Å². The molecule has 2 rings (SSSR count). The Kier molecular flexibility index (Phi) is 4.16. The Hall–Kier alpha value is -1.06. The maximum absolute atomic E-state index is 12.5. The van der Waals surface area contributed by atoms with Crippen LogP contribution in [0, 0.1) is 11.8 Å². The minimum absolute atomic E-state index is 0.0143. The molecule has 19 heavy (non-hydrogen) atoms. The average molecular weight is 266 g/mol. The zero-order valence-electron chi connectivity index (χ0n) is 12.5. The number of carbonyl (C=O) groups excluding carboxylic acids is 2. The van der Waals surface area contributed by atoms with Crippen LogP contribution in [0.15, 0.2) is 0 Å². The van der Waals surface area contributed by atoms with Crippen LogP contribution >= 0.6 is 0 Å². The third-order valence-corrected chi connectivity index (χ3v) is 4.75. The number of amides is 2. The fourth-order valence-electron chi connectivity index (χ4n) is 3.71. The summed E-state index contributed by atoms with van der Waals surface area (Å²) in [7, 11) is 0. The van der Waals surface area contributed by atoms with Gasteiger partial charge in [0.1, 0.15) is 12.1 Å². The van der Waals surface area contributed by atoms with Crippen molar-refractivity contribution in [1.82, 2.24) is 10.2 Å². The van der Waals surface area contributed by atoms with Crippen molar-refractivity contribution in [1.29, 1.82) is 0 Å². The first-order chi connectivity index (χ1) is 8.95. The largest absolute Gasteiger partial charge is 0.343 e. The number of nitrogens with one attached hydrogen (secondary N) is 1. The first-order valence-electron chi connectivity index (χ1n) is 7.58. The molecule has 108 valence electrons. The van der Waals surface area contributed by atoms with Gasteiger partial charge in [-0.3, -0.25) is 9.59 Å². The van der Waals surface area contributed by atoms with Gasteiger partial charge in [-0.15, -0.1) is 0 Å². The molecular formula is C15H26N2O2. The lowest BCUT2D eigenvalue weighted by molar-refractivity contribution is -0.154. The number of piperazine rings is 1. The lowest BCUT2D eigenvalue weighted by Gasteiger charge is -2.47. The van der Waals surface area contributed by atoms with Gasteiger partial charge >= 0.3 is 0 Å². The van der Waals surface area contributed by atoms with E-state index in [2.05, 4.69) is 19.2 Å². The zero-order chi connectivity index (χ0) is 14.2. The Balaban J connectivity index is 2.23. The van der Waals surface area contributed by atoms with Gasteiger partial charge in [-0.05, 0) is 44.4 Å². The Labute approximate surface area is 115 Å². The third kappa shape index (κ3) is 2.63. The van der Waals surface area contributed by atoms with Crippen molar-refractivity contribution in [2.45, 2.75) is 71.5 Å². The quantitative estimate of drug-likeness (QED) is 0.830. The molecule has 5 unspecified atom stereocenters. The monoisotopic (exact) mass is 266 g/mol. The van der Waals surface area contributed by atoms with Gasteiger partial charge in [-0.1, -0.05) is 20.8 Å².